The molecule has 0 unspecified atom stereocenters. The third kappa shape index (κ3) is 6.13. The first-order chi connectivity index (χ1) is 35.7. The van der Waals surface area contributed by atoms with Crippen molar-refractivity contribution in [1.29, 1.82) is 0 Å². The number of rotatable bonds is 7. The van der Waals surface area contributed by atoms with Gasteiger partial charge in [0, 0.05) is 0 Å². The quantitative estimate of drug-likeness (QED) is 0.140. The van der Waals surface area contributed by atoms with E-state index in [0.29, 0.717) is 0 Å². The molecule has 0 aliphatic carbocycles. The maximum absolute atomic E-state index is 2.56. The number of benzene rings is 13. The fourth-order valence-electron chi connectivity index (χ4n) is 12.5. The van der Waals surface area contributed by atoms with Crippen LogP contribution in [0.15, 0.2) is 267 Å². The van der Waals surface area contributed by atoms with Gasteiger partial charge in [0.2, 0.25) is 0 Å². The predicted octanol–water partition coefficient (Wildman–Crippen LogP) is 20.3. The lowest BCUT2D eigenvalue weighted by molar-refractivity contribution is 1.58. The summed E-state index contributed by atoms with van der Waals surface area (Å²) in [6, 6.07) is 99.5. The zero-order valence-corrected chi connectivity index (χ0v) is 39.4. The highest BCUT2D eigenvalue weighted by Gasteiger charge is 2.28. The van der Waals surface area contributed by atoms with E-state index in [1.165, 1.54) is 153 Å². The minimum Gasteiger partial charge on any atom is -0.0622 e. The molecule has 0 radical (unpaired) electrons. The first-order valence-corrected chi connectivity index (χ1v) is 25.1. The van der Waals surface area contributed by atoms with E-state index in [-0.39, 0.29) is 0 Å². The fraction of sp³-hybridized carbons (Fsp3) is 0. The zero-order chi connectivity index (χ0) is 47.3. The van der Waals surface area contributed by atoms with Crippen LogP contribution in [0.25, 0.3) is 153 Å². The summed E-state index contributed by atoms with van der Waals surface area (Å²) in [5.74, 6) is 0. The Hall–Kier alpha value is -9.36. The summed E-state index contributed by atoms with van der Waals surface area (Å²) in [5.41, 5.74) is 17.1. The van der Waals surface area contributed by atoms with Gasteiger partial charge in [0.25, 0.3) is 0 Å². The molecule has 15 aromatic carbocycles. The van der Waals surface area contributed by atoms with Crippen molar-refractivity contribution in [3.8, 4) is 77.9 Å². The SMILES string of the molecule is c1ccc(-c2cc(-c3ccccc3)cc(-c3ccc4c5c(-c6cccc(-c7ccccc7)c6)c6c(cc7c8ccccc8c8cccc6c87)c(-c6ccccc6-c6ccccc6)c5c5cccc3c54)c2)cc1. The van der Waals surface area contributed by atoms with E-state index in [4.69, 9.17) is 0 Å². The molecule has 332 valence electrons. The van der Waals surface area contributed by atoms with Gasteiger partial charge in [-0.05, 0) is 184 Å². The van der Waals surface area contributed by atoms with Crippen LogP contribution >= 0.6 is 0 Å². The van der Waals surface area contributed by atoms with Gasteiger partial charge in [0.1, 0.15) is 0 Å². The topological polar surface area (TPSA) is 0 Å². The van der Waals surface area contributed by atoms with Gasteiger partial charge in [-0.1, -0.05) is 237 Å². The van der Waals surface area contributed by atoms with Crippen LogP contribution in [-0.2, 0) is 0 Å². The molecule has 0 saturated heterocycles. The second kappa shape index (κ2) is 16.1. The maximum Gasteiger partial charge on any atom is -0.000718 e. The monoisotopic (exact) mass is 908 g/mol. The highest BCUT2D eigenvalue weighted by molar-refractivity contribution is 6.45. The van der Waals surface area contributed by atoms with Crippen LogP contribution in [0.2, 0.25) is 0 Å². The Morgan fingerprint density at radius 2 is 0.556 bits per heavy atom. The average molecular weight is 909 g/mol. The van der Waals surface area contributed by atoms with Gasteiger partial charge < -0.3 is 0 Å². The Labute approximate surface area is 418 Å². The largest absolute Gasteiger partial charge is 0.0622 e. The molecule has 0 aromatic heterocycles. The Bertz CT molecular complexity index is 4510. The number of fused-ring (bicyclic) bond motifs is 8. The first-order valence-electron chi connectivity index (χ1n) is 25.1. The predicted molar refractivity (Wildman–Crippen MR) is 309 cm³/mol. The normalized spacial score (nSPS) is 11.9. The van der Waals surface area contributed by atoms with Crippen molar-refractivity contribution in [2.75, 3.05) is 0 Å². The van der Waals surface area contributed by atoms with Gasteiger partial charge >= 0.3 is 0 Å². The van der Waals surface area contributed by atoms with Crippen LogP contribution < -0.4 is 0 Å². The molecule has 0 heterocycles. The van der Waals surface area contributed by atoms with E-state index in [0.717, 1.165) is 0 Å². The molecule has 0 atom stereocenters. The minimum absolute atomic E-state index is 1.20. The molecule has 0 heteroatoms. The van der Waals surface area contributed by atoms with Crippen LogP contribution in [0.4, 0.5) is 0 Å². The highest BCUT2D eigenvalue weighted by atomic mass is 14.3. The van der Waals surface area contributed by atoms with Crippen molar-refractivity contribution < 1.29 is 0 Å². The third-order valence-electron chi connectivity index (χ3n) is 15.5. The Morgan fingerprint density at radius 3 is 1.22 bits per heavy atom. The van der Waals surface area contributed by atoms with E-state index in [2.05, 4.69) is 267 Å². The summed E-state index contributed by atoms with van der Waals surface area (Å²) >= 11 is 0. The molecule has 15 aromatic rings. The van der Waals surface area contributed by atoms with Gasteiger partial charge in [-0.3, -0.25) is 0 Å². The molecule has 0 fully saturated rings. The van der Waals surface area contributed by atoms with Crippen LogP contribution in [0.5, 0.6) is 0 Å². The molecule has 0 aliphatic heterocycles. The smallest absolute Gasteiger partial charge is 0.000718 e. The lowest BCUT2D eigenvalue weighted by Gasteiger charge is -2.21. The molecule has 0 aliphatic rings. The number of hydrogen-bond donors (Lipinski definition) is 0. The standard InChI is InChI=1S/C72H44/c1-5-20-45(21-6-1)49-28-17-29-50(40-49)66-70-61-36-19-35-60-56-31-14-15-32-57(56)64(68(60)61)44-65(70)69(59-33-16-13-30-54(59)48-26-11-4-12-27-48)72-62-37-18-34-58-55(38-39-63(67(58)62)71(66)72)53-42-51(46-22-7-2-8-23-46)41-52(43-53)47-24-9-3-10-25-47/h1-44H. The molecule has 72 heavy (non-hydrogen) atoms. The molecule has 0 bridgehead atoms. The summed E-state index contributed by atoms with van der Waals surface area (Å²) in [7, 11) is 0. The average Bonchev–Trinajstić information content (AvgIpc) is 3.97. The maximum atomic E-state index is 2.56. The fourth-order valence-corrected chi connectivity index (χ4v) is 12.5. The second-order valence-corrected chi connectivity index (χ2v) is 19.4. The molecule has 0 N–H and O–H groups in total. The lowest BCUT2D eigenvalue weighted by Crippen LogP contribution is -1.93. The summed E-state index contributed by atoms with van der Waals surface area (Å²) in [6.45, 7) is 0. The van der Waals surface area contributed by atoms with Gasteiger partial charge in [0.05, 0.1) is 0 Å². The van der Waals surface area contributed by atoms with Crippen molar-refractivity contribution in [2.24, 2.45) is 0 Å². The van der Waals surface area contributed by atoms with Crippen LogP contribution in [-0.4, -0.2) is 0 Å². The van der Waals surface area contributed by atoms with Crippen molar-refractivity contribution in [3.63, 3.8) is 0 Å². The van der Waals surface area contributed by atoms with E-state index < -0.39 is 0 Å². The van der Waals surface area contributed by atoms with Crippen LogP contribution in [0.3, 0.4) is 0 Å². The summed E-state index contributed by atoms with van der Waals surface area (Å²) in [5, 5.41) is 18.1. The van der Waals surface area contributed by atoms with E-state index >= 15 is 0 Å². The third-order valence-corrected chi connectivity index (χ3v) is 15.5. The molecular formula is C72H44. The molecule has 0 nitrogen and oxygen atoms in total. The first kappa shape index (κ1) is 40.5. The van der Waals surface area contributed by atoms with Gasteiger partial charge in [0.15, 0.2) is 0 Å². The van der Waals surface area contributed by atoms with Crippen molar-refractivity contribution in [1.82, 2.24) is 0 Å². The number of hydrogen-bond acceptors (Lipinski definition) is 0. The summed E-state index contributed by atoms with van der Waals surface area (Å²) < 4.78 is 0. The van der Waals surface area contributed by atoms with E-state index in [1.54, 1.807) is 0 Å². The molecule has 0 saturated carbocycles. The Balaban J connectivity index is 1.15. The highest BCUT2D eigenvalue weighted by Crippen LogP contribution is 2.56. The molecule has 15 rings (SSSR count). The summed E-state index contributed by atoms with van der Waals surface area (Å²) in [4.78, 5) is 0. The lowest BCUT2D eigenvalue weighted by atomic mass is 9.82. The van der Waals surface area contributed by atoms with E-state index in [9.17, 15) is 0 Å². The van der Waals surface area contributed by atoms with Crippen molar-refractivity contribution in [2.45, 2.75) is 0 Å². The summed E-state index contributed by atoms with van der Waals surface area (Å²) in [6.07, 6.45) is 0. The molecule has 0 spiro atoms. The van der Waals surface area contributed by atoms with Crippen LogP contribution in [0.1, 0.15) is 0 Å². The van der Waals surface area contributed by atoms with Gasteiger partial charge in [-0.15, -0.1) is 0 Å². The molecular weight excluding hydrogens is 865 g/mol. The van der Waals surface area contributed by atoms with Crippen LogP contribution in [0, 0.1) is 0 Å². The van der Waals surface area contributed by atoms with Crippen molar-refractivity contribution >= 4 is 75.4 Å². The zero-order valence-electron chi connectivity index (χ0n) is 39.4. The Kier molecular flexibility index (Phi) is 9.06. The second-order valence-electron chi connectivity index (χ2n) is 19.4. The van der Waals surface area contributed by atoms with Crippen molar-refractivity contribution in [3.05, 3.63) is 267 Å². The molecule has 0 amide bonds. The van der Waals surface area contributed by atoms with E-state index in [1.807, 2.05) is 0 Å². The minimum atomic E-state index is 1.20. The van der Waals surface area contributed by atoms with Gasteiger partial charge in [-0.25, -0.2) is 0 Å². The Morgan fingerprint density at radius 1 is 0.139 bits per heavy atom. The van der Waals surface area contributed by atoms with Gasteiger partial charge in [-0.2, -0.15) is 0 Å².